The molecule has 0 saturated heterocycles. The van der Waals surface area contributed by atoms with Crippen molar-refractivity contribution in [2.45, 2.75) is 26.1 Å². The van der Waals surface area contributed by atoms with Gasteiger partial charge in [-0.15, -0.1) is 0 Å². The van der Waals surface area contributed by atoms with Crippen LogP contribution in [0.4, 0.5) is 0 Å². The Morgan fingerprint density at radius 1 is 1.00 bits per heavy atom. The maximum atomic E-state index is 11.7. The lowest BCUT2D eigenvalue weighted by atomic mass is 10.1. The summed E-state index contributed by atoms with van der Waals surface area (Å²) in [7, 11) is 1.34. The third kappa shape index (κ3) is 4.25. The molecular formula is C18H20O4. The van der Waals surface area contributed by atoms with E-state index < -0.39 is 11.6 Å². The largest absolute Gasteiger partial charge is 0.489 e. The van der Waals surface area contributed by atoms with Crippen molar-refractivity contribution in [3.8, 4) is 11.5 Å². The molecule has 0 radical (unpaired) electrons. The number of carbonyl (C=O) groups excluding carboxylic acids is 1. The molecule has 4 heteroatoms. The van der Waals surface area contributed by atoms with Gasteiger partial charge in [0.2, 0.25) is 0 Å². The Morgan fingerprint density at radius 2 is 1.68 bits per heavy atom. The highest BCUT2D eigenvalue weighted by Crippen LogP contribution is 2.24. The average Bonchev–Trinajstić information content (AvgIpc) is 2.53. The van der Waals surface area contributed by atoms with Gasteiger partial charge in [0.25, 0.3) is 0 Å². The zero-order valence-electron chi connectivity index (χ0n) is 13.0. The second-order valence-electron chi connectivity index (χ2n) is 5.35. The van der Waals surface area contributed by atoms with Crippen LogP contribution in [0.2, 0.25) is 0 Å². The Bertz CT molecular complexity index is 620. The van der Waals surface area contributed by atoms with Gasteiger partial charge in [-0.2, -0.15) is 0 Å². The van der Waals surface area contributed by atoms with Crippen LogP contribution >= 0.6 is 0 Å². The molecule has 0 saturated carbocycles. The van der Waals surface area contributed by atoms with E-state index in [1.807, 2.05) is 42.5 Å². The van der Waals surface area contributed by atoms with E-state index in [0.717, 1.165) is 5.56 Å². The van der Waals surface area contributed by atoms with Crippen LogP contribution in [-0.2, 0) is 16.1 Å². The second-order valence-corrected chi connectivity index (χ2v) is 5.35. The van der Waals surface area contributed by atoms with Gasteiger partial charge in [0.05, 0.1) is 7.11 Å². The first-order valence-electron chi connectivity index (χ1n) is 7.05. The summed E-state index contributed by atoms with van der Waals surface area (Å²) < 4.78 is 16.2. The monoisotopic (exact) mass is 300 g/mol. The number of rotatable bonds is 6. The lowest BCUT2D eigenvalue weighted by Crippen LogP contribution is -2.39. The van der Waals surface area contributed by atoms with E-state index in [1.165, 1.54) is 7.11 Å². The predicted molar refractivity (Wildman–Crippen MR) is 83.9 cm³/mol. The van der Waals surface area contributed by atoms with Crippen molar-refractivity contribution < 1.29 is 19.0 Å². The van der Waals surface area contributed by atoms with Crippen LogP contribution in [0.1, 0.15) is 19.4 Å². The standard InChI is InChI=1S/C18H20O4/c1-18(2,17(19)20-3)22-16-11-7-10-15(12-16)21-13-14-8-5-4-6-9-14/h4-12H,13H2,1-3H3. The van der Waals surface area contributed by atoms with Crippen molar-refractivity contribution in [1.29, 1.82) is 0 Å². The maximum Gasteiger partial charge on any atom is 0.349 e. The number of hydrogen-bond acceptors (Lipinski definition) is 4. The molecule has 0 atom stereocenters. The Kier molecular flexibility index (Phi) is 5.04. The van der Waals surface area contributed by atoms with E-state index >= 15 is 0 Å². The first kappa shape index (κ1) is 15.9. The van der Waals surface area contributed by atoms with Gasteiger partial charge in [0.15, 0.2) is 5.60 Å². The van der Waals surface area contributed by atoms with Gasteiger partial charge in [0, 0.05) is 6.07 Å². The molecule has 0 bridgehead atoms. The Morgan fingerprint density at radius 3 is 2.36 bits per heavy atom. The van der Waals surface area contributed by atoms with Crippen molar-refractivity contribution in [2.24, 2.45) is 0 Å². The van der Waals surface area contributed by atoms with Gasteiger partial charge >= 0.3 is 5.97 Å². The maximum absolute atomic E-state index is 11.7. The molecule has 2 rings (SSSR count). The number of methoxy groups -OCH3 is 1. The second kappa shape index (κ2) is 6.98. The summed E-state index contributed by atoms with van der Waals surface area (Å²) in [6.07, 6.45) is 0. The van der Waals surface area contributed by atoms with Crippen molar-refractivity contribution >= 4 is 5.97 Å². The number of ether oxygens (including phenoxy) is 3. The predicted octanol–water partition coefficient (Wildman–Crippen LogP) is 3.60. The van der Waals surface area contributed by atoms with Crippen LogP contribution in [0.5, 0.6) is 11.5 Å². The fraction of sp³-hybridized carbons (Fsp3) is 0.278. The summed E-state index contributed by atoms with van der Waals surface area (Å²) in [5.74, 6) is 0.811. The molecule has 4 nitrogen and oxygen atoms in total. The molecule has 0 aromatic heterocycles. The van der Waals surface area contributed by atoms with E-state index in [1.54, 1.807) is 26.0 Å². The van der Waals surface area contributed by atoms with Gasteiger partial charge in [-0.3, -0.25) is 0 Å². The van der Waals surface area contributed by atoms with Gasteiger partial charge in [-0.05, 0) is 31.5 Å². The van der Waals surface area contributed by atoms with Crippen molar-refractivity contribution in [3.05, 3.63) is 60.2 Å². The van der Waals surface area contributed by atoms with E-state index in [2.05, 4.69) is 0 Å². The number of benzene rings is 2. The van der Waals surface area contributed by atoms with Crippen LogP contribution in [0.3, 0.4) is 0 Å². The molecule has 2 aromatic rings. The van der Waals surface area contributed by atoms with E-state index in [-0.39, 0.29) is 0 Å². The fourth-order valence-corrected chi connectivity index (χ4v) is 1.95. The smallest absolute Gasteiger partial charge is 0.349 e. The van der Waals surface area contributed by atoms with Gasteiger partial charge in [-0.1, -0.05) is 36.4 Å². The van der Waals surface area contributed by atoms with Gasteiger partial charge in [0.1, 0.15) is 18.1 Å². The molecule has 0 spiro atoms. The molecule has 0 heterocycles. The summed E-state index contributed by atoms with van der Waals surface area (Å²) in [5.41, 5.74) is 0.0380. The fourth-order valence-electron chi connectivity index (χ4n) is 1.95. The normalized spacial score (nSPS) is 10.9. The van der Waals surface area contributed by atoms with Crippen molar-refractivity contribution in [3.63, 3.8) is 0 Å². The molecule has 0 N–H and O–H groups in total. The van der Waals surface area contributed by atoms with Crippen LogP contribution in [0, 0.1) is 0 Å². The molecule has 116 valence electrons. The highest BCUT2D eigenvalue weighted by atomic mass is 16.6. The number of esters is 1. The topological polar surface area (TPSA) is 44.8 Å². The highest BCUT2D eigenvalue weighted by Gasteiger charge is 2.31. The number of hydrogen-bond donors (Lipinski definition) is 0. The minimum absolute atomic E-state index is 0.428. The Labute approximate surface area is 130 Å². The lowest BCUT2D eigenvalue weighted by molar-refractivity contribution is -0.156. The van der Waals surface area contributed by atoms with Crippen LogP contribution in [0.25, 0.3) is 0 Å². The first-order chi connectivity index (χ1) is 10.5. The molecule has 2 aromatic carbocycles. The summed E-state index contributed by atoms with van der Waals surface area (Å²) in [6.45, 7) is 3.80. The third-order valence-corrected chi connectivity index (χ3v) is 3.10. The summed E-state index contributed by atoms with van der Waals surface area (Å²) >= 11 is 0. The lowest BCUT2D eigenvalue weighted by Gasteiger charge is -2.23. The zero-order chi connectivity index (χ0) is 16.0. The molecule has 0 aliphatic carbocycles. The average molecular weight is 300 g/mol. The minimum atomic E-state index is -1.05. The molecule has 0 fully saturated rings. The van der Waals surface area contributed by atoms with E-state index in [9.17, 15) is 4.79 Å². The van der Waals surface area contributed by atoms with Crippen LogP contribution < -0.4 is 9.47 Å². The highest BCUT2D eigenvalue weighted by molar-refractivity contribution is 5.78. The summed E-state index contributed by atoms with van der Waals surface area (Å²) in [6, 6.07) is 17.1. The quantitative estimate of drug-likeness (QED) is 0.765. The van der Waals surface area contributed by atoms with Crippen molar-refractivity contribution in [2.75, 3.05) is 7.11 Å². The van der Waals surface area contributed by atoms with Crippen LogP contribution in [0.15, 0.2) is 54.6 Å². The molecule has 0 aliphatic heterocycles. The third-order valence-electron chi connectivity index (χ3n) is 3.10. The van der Waals surface area contributed by atoms with Gasteiger partial charge in [-0.25, -0.2) is 4.79 Å². The Hall–Kier alpha value is -2.49. The van der Waals surface area contributed by atoms with E-state index in [4.69, 9.17) is 14.2 Å². The van der Waals surface area contributed by atoms with E-state index in [0.29, 0.717) is 18.1 Å². The first-order valence-corrected chi connectivity index (χ1v) is 7.05. The minimum Gasteiger partial charge on any atom is -0.489 e. The molecule has 0 aliphatic rings. The molecule has 22 heavy (non-hydrogen) atoms. The van der Waals surface area contributed by atoms with Crippen molar-refractivity contribution in [1.82, 2.24) is 0 Å². The summed E-state index contributed by atoms with van der Waals surface area (Å²) in [4.78, 5) is 11.7. The number of carbonyl (C=O) groups is 1. The zero-order valence-corrected chi connectivity index (χ0v) is 13.0. The van der Waals surface area contributed by atoms with Crippen LogP contribution in [-0.4, -0.2) is 18.7 Å². The molecule has 0 amide bonds. The Balaban J connectivity index is 2.02. The summed E-state index contributed by atoms with van der Waals surface area (Å²) in [5, 5.41) is 0. The SMILES string of the molecule is COC(=O)C(C)(C)Oc1cccc(OCc2ccccc2)c1. The van der Waals surface area contributed by atoms with Gasteiger partial charge < -0.3 is 14.2 Å². The molecular weight excluding hydrogens is 280 g/mol. The molecule has 0 unspecified atom stereocenters.